The van der Waals surface area contributed by atoms with E-state index in [9.17, 15) is 26.4 Å². The Morgan fingerprint density at radius 3 is 2.43 bits per heavy atom. The number of halogens is 3. The number of alkyl halides is 3. The number of nitrogens with zero attached hydrogens (tertiary/aromatic N) is 3. The van der Waals surface area contributed by atoms with Crippen LogP contribution in [0.1, 0.15) is 25.0 Å². The number of aromatic nitrogens is 2. The van der Waals surface area contributed by atoms with Gasteiger partial charge in [-0.05, 0) is 55.3 Å². The van der Waals surface area contributed by atoms with Crippen molar-refractivity contribution < 1.29 is 30.8 Å². The van der Waals surface area contributed by atoms with Crippen LogP contribution in [-0.2, 0) is 21.0 Å². The third-order valence-corrected chi connectivity index (χ3v) is 7.95. The summed E-state index contributed by atoms with van der Waals surface area (Å²) in [5, 5.41) is 2.36. The number of carbonyl (C=O) groups is 1. The number of furan rings is 1. The molecule has 35 heavy (non-hydrogen) atoms. The summed E-state index contributed by atoms with van der Waals surface area (Å²) in [5.41, 5.74) is -0.840. The zero-order valence-corrected chi connectivity index (χ0v) is 19.9. The molecule has 3 aromatic rings. The van der Waals surface area contributed by atoms with Crippen molar-refractivity contribution in [3.8, 4) is 11.5 Å². The molecule has 0 unspecified atom stereocenters. The van der Waals surface area contributed by atoms with E-state index >= 15 is 0 Å². The first-order chi connectivity index (χ1) is 16.6. The molecule has 186 valence electrons. The molecule has 0 atom stereocenters. The molecule has 1 amide bonds. The van der Waals surface area contributed by atoms with Gasteiger partial charge < -0.3 is 9.73 Å². The Labute approximate surface area is 204 Å². The first-order valence-electron chi connectivity index (χ1n) is 10.7. The van der Waals surface area contributed by atoms with Gasteiger partial charge in [0.05, 0.1) is 16.9 Å². The van der Waals surface area contributed by atoms with Crippen LogP contribution in [0.25, 0.3) is 11.5 Å². The SMILES string of the molecule is O=C(CSc1nc(-c2ccco2)cc(C(F)(F)F)n1)Nc1ccc(S(=O)(=O)N2CCCCC2)cc1. The molecule has 1 aliphatic rings. The van der Waals surface area contributed by atoms with Crippen LogP contribution in [0.3, 0.4) is 0 Å². The van der Waals surface area contributed by atoms with Crippen molar-refractivity contribution in [2.45, 2.75) is 35.5 Å². The molecule has 0 bridgehead atoms. The number of thioether (sulfide) groups is 1. The van der Waals surface area contributed by atoms with Crippen molar-refractivity contribution in [3.05, 3.63) is 54.4 Å². The molecule has 0 spiro atoms. The minimum atomic E-state index is -4.70. The van der Waals surface area contributed by atoms with Gasteiger partial charge in [-0.15, -0.1) is 0 Å². The van der Waals surface area contributed by atoms with Crippen molar-refractivity contribution in [1.29, 1.82) is 0 Å². The first-order valence-corrected chi connectivity index (χ1v) is 13.1. The van der Waals surface area contributed by atoms with E-state index in [2.05, 4.69) is 15.3 Å². The number of piperidine rings is 1. The molecule has 1 N–H and O–H groups in total. The van der Waals surface area contributed by atoms with E-state index in [0.29, 0.717) is 18.8 Å². The number of hydrogen-bond donors (Lipinski definition) is 1. The number of sulfonamides is 1. The summed E-state index contributed by atoms with van der Waals surface area (Å²) >= 11 is 0.737. The van der Waals surface area contributed by atoms with Crippen LogP contribution in [-0.4, -0.2) is 47.4 Å². The van der Waals surface area contributed by atoms with Crippen molar-refractivity contribution in [2.24, 2.45) is 0 Å². The molecule has 0 aliphatic carbocycles. The molecule has 2 aromatic heterocycles. The largest absolute Gasteiger partial charge is 0.463 e. The summed E-state index contributed by atoms with van der Waals surface area (Å²) in [6.45, 7) is 0.967. The van der Waals surface area contributed by atoms with Crippen molar-refractivity contribution >= 4 is 33.4 Å². The van der Waals surface area contributed by atoms with Gasteiger partial charge in [-0.2, -0.15) is 17.5 Å². The van der Waals surface area contributed by atoms with E-state index in [0.717, 1.165) is 37.1 Å². The second-order valence-corrected chi connectivity index (χ2v) is 10.6. The van der Waals surface area contributed by atoms with Crippen LogP contribution in [0, 0.1) is 0 Å². The summed E-state index contributed by atoms with van der Waals surface area (Å²) in [6.07, 6.45) is -0.732. The topological polar surface area (TPSA) is 105 Å². The van der Waals surface area contributed by atoms with E-state index in [4.69, 9.17) is 4.42 Å². The highest BCUT2D eigenvalue weighted by atomic mass is 32.2. The molecule has 1 saturated heterocycles. The minimum absolute atomic E-state index is 0.0502. The second kappa shape index (κ2) is 10.4. The highest BCUT2D eigenvalue weighted by Gasteiger charge is 2.34. The Hall–Kier alpha value is -2.90. The fourth-order valence-electron chi connectivity index (χ4n) is 3.48. The van der Waals surface area contributed by atoms with Gasteiger partial charge in [0.15, 0.2) is 10.9 Å². The van der Waals surface area contributed by atoms with E-state index in [1.54, 1.807) is 0 Å². The van der Waals surface area contributed by atoms with Gasteiger partial charge >= 0.3 is 6.18 Å². The monoisotopic (exact) mass is 526 g/mol. The lowest BCUT2D eigenvalue weighted by Crippen LogP contribution is -2.35. The van der Waals surface area contributed by atoms with Gasteiger partial charge in [-0.3, -0.25) is 4.79 Å². The van der Waals surface area contributed by atoms with Gasteiger partial charge in [-0.25, -0.2) is 18.4 Å². The molecule has 3 heterocycles. The number of benzene rings is 1. The van der Waals surface area contributed by atoms with Crippen LogP contribution in [0.15, 0.2) is 63.2 Å². The fraction of sp³-hybridized carbons (Fsp3) is 0.318. The second-order valence-electron chi connectivity index (χ2n) is 7.72. The molecule has 0 radical (unpaired) electrons. The Morgan fingerprint density at radius 1 is 1.09 bits per heavy atom. The highest BCUT2D eigenvalue weighted by Crippen LogP contribution is 2.32. The maximum absolute atomic E-state index is 13.3. The Morgan fingerprint density at radius 2 is 1.80 bits per heavy atom. The third kappa shape index (κ3) is 6.21. The van der Waals surface area contributed by atoms with Crippen LogP contribution >= 0.6 is 11.8 Å². The van der Waals surface area contributed by atoms with Crippen LogP contribution in [0.4, 0.5) is 18.9 Å². The lowest BCUT2D eigenvalue weighted by atomic mass is 10.2. The first kappa shape index (κ1) is 25.2. The lowest BCUT2D eigenvalue weighted by Gasteiger charge is -2.25. The third-order valence-electron chi connectivity index (χ3n) is 5.19. The molecule has 0 saturated carbocycles. The van der Waals surface area contributed by atoms with Crippen molar-refractivity contribution in [2.75, 3.05) is 24.2 Å². The van der Waals surface area contributed by atoms with Gasteiger partial charge in [-0.1, -0.05) is 18.2 Å². The summed E-state index contributed by atoms with van der Waals surface area (Å²) in [6, 6.07) is 9.54. The van der Waals surface area contributed by atoms with Gasteiger partial charge in [0.1, 0.15) is 11.4 Å². The van der Waals surface area contributed by atoms with E-state index in [1.165, 1.54) is 47.0 Å². The van der Waals surface area contributed by atoms with Crippen LogP contribution in [0.2, 0.25) is 0 Å². The molecule has 13 heteroatoms. The number of hydrogen-bond acceptors (Lipinski definition) is 7. The smallest absolute Gasteiger partial charge is 0.433 e. The Bertz CT molecular complexity index is 1280. The van der Waals surface area contributed by atoms with Gasteiger partial charge in [0.25, 0.3) is 0 Å². The number of nitrogens with one attached hydrogen (secondary N) is 1. The normalized spacial score (nSPS) is 15.2. The number of anilines is 1. The molecule has 4 rings (SSSR count). The van der Waals surface area contributed by atoms with Gasteiger partial charge in [0, 0.05) is 18.8 Å². The number of amides is 1. The summed E-state index contributed by atoms with van der Waals surface area (Å²) in [7, 11) is -3.59. The standard InChI is InChI=1S/C22H21F3N4O4S2/c23-22(24,25)19-13-17(18-5-4-12-33-18)27-21(28-19)34-14-20(30)26-15-6-8-16(9-7-15)35(31,32)29-10-2-1-3-11-29/h4-9,12-13H,1-3,10-11,14H2,(H,26,30). The average molecular weight is 527 g/mol. The molecule has 1 aromatic carbocycles. The Balaban J connectivity index is 1.41. The summed E-state index contributed by atoms with van der Waals surface area (Å²) < 4.78 is 71.8. The minimum Gasteiger partial charge on any atom is -0.463 e. The van der Waals surface area contributed by atoms with Crippen LogP contribution < -0.4 is 5.32 Å². The zero-order chi connectivity index (χ0) is 25.1. The summed E-state index contributed by atoms with van der Waals surface area (Å²) in [5.74, 6) is -0.627. The predicted molar refractivity (Wildman–Crippen MR) is 123 cm³/mol. The molecular formula is C22H21F3N4O4S2. The summed E-state index contributed by atoms with van der Waals surface area (Å²) in [4.78, 5) is 20.1. The van der Waals surface area contributed by atoms with E-state index < -0.39 is 27.8 Å². The zero-order valence-electron chi connectivity index (χ0n) is 18.3. The van der Waals surface area contributed by atoms with Crippen LogP contribution in [0.5, 0.6) is 0 Å². The highest BCUT2D eigenvalue weighted by molar-refractivity contribution is 7.99. The Kier molecular flexibility index (Phi) is 7.47. The molecule has 1 fully saturated rings. The van der Waals surface area contributed by atoms with E-state index in [-0.39, 0.29) is 27.3 Å². The lowest BCUT2D eigenvalue weighted by molar-refractivity contribution is -0.141. The van der Waals surface area contributed by atoms with Gasteiger partial charge in [0.2, 0.25) is 15.9 Å². The molecule has 8 nitrogen and oxygen atoms in total. The fourth-order valence-corrected chi connectivity index (χ4v) is 5.65. The predicted octanol–water partition coefficient (Wildman–Crippen LogP) is 4.66. The number of carbonyl (C=O) groups excluding carboxylic acids is 1. The van der Waals surface area contributed by atoms with Crippen molar-refractivity contribution in [1.82, 2.24) is 14.3 Å². The molecular weight excluding hydrogens is 505 g/mol. The average Bonchev–Trinajstić information content (AvgIpc) is 3.38. The van der Waals surface area contributed by atoms with Crippen molar-refractivity contribution in [3.63, 3.8) is 0 Å². The maximum Gasteiger partial charge on any atom is 0.433 e. The number of rotatable bonds is 7. The quantitative estimate of drug-likeness (QED) is 0.353. The maximum atomic E-state index is 13.3. The molecule has 1 aliphatic heterocycles. The van der Waals surface area contributed by atoms with E-state index in [1.807, 2.05) is 0 Å².